The van der Waals surface area contributed by atoms with Gasteiger partial charge in [-0.1, -0.05) is 11.2 Å². The van der Waals surface area contributed by atoms with Crippen molar-refractivity contribution < 1.29 is 12.9 Å². The first-order valence-corrected chi connectivity index (χ1v) is 7.43. The van der Waals surface area contributed by atoms with Gasteiger partial charge in [-0.05, 0) is 30.5 Å². The van der Waals surface area contributed by atoms with Crippen LogP contribution >= 0.6 is 0 Å². The Kier molecular flexibility index (Phi) is 2.90. The average Bonchev–Trinajstić information content (AvgIpc) is 2.90. The van der Waals surface area contributed by atoms with E-state index in [-0.39, 0.29) is 10.7 Å². The number of sulfonamides is 1. The van der Waals surface area contributed by atoms with Crippen LogP contribution in [0.4, 0.5) is 11.5 Å². The summed E-state index contributed by atoms with van der Waals surface area (Å²) in [5, 5.41) is 6.74. The van der Waals surface area contributed by atoms with Crippen molar-refractivity contribution in [3.63, 3.8) is 0 Å². The Morgan fingerprint density at radius 2 is 2.21 bits per heavy atom. The molecule has 3 rings (SSSR count). The van der Waals surface area contributed by atoms with Crippen molar-refractivity contribution >= 4 is 21.5 Å². The molecule has 0 bridgehead atoms. The Bertz CT molecular complexity index is 680. The van der Waals surface area contributed by atoms with Crippen LogP contribution in [0, 0.1) is 0 Å². The first-order chi connectivity index (χ1) is 9.15. The zero-order valence-electron chi connectivity index (χ0n) is 10.1. The lowest BCUT2D eigenvalue weighted by Crippen LogP contribution is -2.16. The topological polar surface area (TPSA) is 84.2 Å². The molecule has 0 fully saturated rings. The van der Waals surface area contributed by atoms with Crippen molar-refractivity contribution in [3.8, 4) is 0 Å². The van der Waals surface area contributed by atoms with E-state index in [0.29, 0.717) is 0 Å². The van der Waals surface area contributed by atoms with Crippen LogP contribution in [0.3, 0.4) is 0 Å². The number of rotatable bonds is 3. The molecule has 2 N–H and O–H groups in total. The van der Waals surface area contributed by atoms with Crippen LogP contribution in [0.2, 0.25) is 0 Å². The van der Waals surface area contributed by atoms with Gasteiger partial charge in [0.2, 0.25) is 0 Å². The maximum Gasteiger partial charge on any atom is 0.263 e. The lowest BCUT2D eigenvalue weighted by molar-refractivity contribution is 0.423. The highest BCUT2D eigenvalue weighted by Crippen LogP contribution is 2.26. The Balaban J connectivity index is 1.93. The number of nitrogens with one attached hydrogen (secondary N) is 2. The van der Waals surface area contributed by atoms with Gasteiger partial charge in [-0.25, -0.2) is 8.42 Å². The van der Waals surface area contributed by atoms with Crippen LogP contribution in [0.5, 0.6) is 0 Å². The van der Waals surface area contributed by atoms with Crippen LogP contribution in [-0.2, 0) is 16.4 Å². The molecule has 0 saturated carbocycles. The Morgan fingerprint density at radius 1 is 1.32 bits per heavy atom. The van der Waals surface area contributed by atoms with Gasteiger partial charge in [-0.2, -0.15) is 0 Å². The van der Waals surface area contributed by atoms with Gasteiger partial charge in [0.15, 0.2) is 5.82 Å². The maximum atomic E-state index is 12.2. The van der Waals surface area contributed by atoms with Crippen molar-refractivity contribution in [2.24, 2.45) is 0 Å². The molecule has 0 saturated heterocycles. The van der Waals surface area contributed by atoms with E-state index in [1.165, 1.54) is 12.3 Å². The number of hydrogen-bond donors (Lipinski definition) is 2. The standard InChI is InChI=1S/C12H13N3O3S/c16-19(17,15-12-5-7-18-14-12)10-4-3-9-2-1-6-13-11(9)8-10/h3-5,7-8,13H,1-2,6H2,(H,14,15). The van der Waals surface area contributed by atoms with Gasteiger partial charge in [0, 0.05) is 18.3 Å². The number of anilines is 2. The fourth-order valence-electron chi connectivity index (χ4n) is 2.07. The molecular weight excluding hydrogens is 266 g/mol. The molecule has 0 amide bonds. The normalized spacial score (nSPS) is 14.5. The summed E-state index contributed by atoms with van der Waals surface area (Å²) in [6.45, 7) is 0.868. The molecule has 19 heavy (non-hydrogen) atoms. The predicted molar refractivity (Wildman–Crippen MR) is 70.6 cm³/mol. The summed E-state index contributed by atoms with van der Waals surface area (Å²) >= 11 is 0. The fourth-order valence-corrected chi connectivity index (χ4v) is 3.09. The van der Waals surface area contributed by atoms with Crippen LogP contribution < -0.4 is 10.0 Å². The largest absolute Gasteiger partial charge is 0.385 e. The van der Waals surface area contributed by atoms with Crippen LogP contribution in [0.25, 0.3) is 0 Å². The van der Waals surface area contributed by atoms with E-state index in [9.17, 15) is 8.42 Å². The third-order valence-electron chi connectivity index (χ3n) is 3.01. The number of aryl methyl sites for hydroxylation is 1. The van der Waals surface area contributed by atoms with E-state index >= 15 is 0 Å². The summed E-state index contributed by atoms with van der Waals surface area (Å²) in [6.07, 6.45) is 3.35. The second-order valence-electron chi connectivity index (χ2n) is 4.34. The lowest BCUT2D eigenvalue weighted by atomic mass is 10.0. The third-order valence-corrected chi connectivity index (χ3v) is 4.36. The average molecular weight is 279 g/mol. The van der Waals surface area contributed by atoms with E-state index < -0.39 is 10.0 Å². The zero-order valence-corrected chi connectivity index (χ0v) is 10.9. The second-order valence-corrected chi connectivity index (χ2v) is 6.02. The van der Waals surface area contributed by atoms with Gasteiger partial charge in [0.1, 0.15) is 6.26 Å². The number of nitrogens with zero attached hydrogens (tertiary/aromatic N) is 1. The molecule has 0 atom stereocenters. The molecule has 1 aliphatic rings. The minimum absolute atomic E-state index is 0.172. The van der Waals surface area contributed by atoms with Crippen molar-refractivity contribution in [2.75, 3.05) is 16.6 Å². The third kappa shape index (κ3) is 2.41. The Labute approximate surface area is 110 Å². The molecular formula is C12H13N3O3S. The Hall–Kier alpha value is -2.02. The molecule has 1 aromatic heterocycles. The van der Waals surface area contributed by atoms with Crippen molar-refractivity contribution in [1.29, 1.82) is 0 Å². The summed E-state index contributed by atoms with van der Waals surface area (Å²) in [4.78, 5) is 0.212. The summed E-state index contributed by atoms with van der Waals surface area (Å²) in [6, 6.07) is 6.55. The van der Waals surface area contributed by atoms with Crippen LogP contribution in [0.15, 0.2) is 39.9 Å². The maximum absolute atomic E-state index is 12.2. The van der Waals surface area contributed by atoms with Gasteiger partial charge in [0.05, 0.1) is 4.90 Å². The van der Waals surface area contributed by atoms with E-state index in [1.807, 2.05) is 6.07 Å². The minimum Gasteiger partial charge on any atom is -0.385 e. The first kappa shape index (κ1) is 12.0. The molecule has 0 aliphatic carbocycles. The first-order valence-electron chi connectivity index (χ1n) is 5.95. The van der Waals surface area contributed by atoms with Gasteiger partial charge >= 0.3 is 0 Å². The molecule has 2 heterocycles. The van der Waals surface area contributed by atoms with Gasteiger partial charge in [0.25, 0.3) is 10.0 Å². The predicted octanol–water partition coefficient (Wildman–Crippen LogP) is 1.83. The molecule has 0 radical (unpaired) electrons. The van der Waals surface area contributed by atoms with E-state index in [4.69, 9.17) is 0 Å². The summed E-state index contributed by atoms with van der Waals surface area (Å²) in [7, 11) is -3.63. The smallest absolute Gasteiger partial charge is 0.263 e. The van der Waals surface area contributed by atoms with Crippen LogP contribution in [0.1, 0.15) is 12.0 Å². The van der Waals surface area contributed by atoms with Gasteiger partial charge in [-0.15, -0.1) is 0 Å². The molecule has 100 valence electrons. The SMILES string of the molecule is O=S(=O)(Nc1ccon1)c1ccc2c(c1)NCCC2. The van der Waals surface area contributed by atoms with Crippen molar-refractivity contribution in [1.82, 2.24) is 5.16 Å². The summed E-state index contributed by atoms with van der Waals surface area (Å²) in [5.74, 6) is 0.172. The number of benzene rings is 1. The second kappa shape index (κ2) is 4.58. The molecule has 0 spiro atoms. The zero-order chi connectivity index (χ0) is 13.3. The van der Waals surface area contributed by atoms with Crippen molar-refractivity contribution in [2.45, 2.75) is 17.7 Å². The van der Waals surface area contributed by atoms with E-state index in [1.54, 1.807) is 12.1 Å². The lowest BCUT2D eigenvalue weighted by Gasteiger charge is -2.18. The molecule has 6 nitrogen and oxygen atoms in total. The monoisotopic (exact) mass is 279 g/mol. The molecule has 2 aromatic rings. The van der Waals surface area contributed by atoms with E-state index in [2.05, 4.69) is 19.7 Å². The minimum atomic E-state index is -3.63. The summed E-state index contributed by atoms with van der Waals surface area (Å²) < 4.78 is 31.3. The number of hydrogen-bond acceptors (Lipinski definition) is 5. The fraction of sp³-hybridized carbons (Fsp3) is 0.250. The molecule has 0 unspecified atom stereocenters. The summed E-state index contributed by atoms with van der Waals surface area (Å²) in [5.41, 5.74) is 2.03. The highest BCUT2D eigenvalue weighted by atomic mass is 32.2. The quantitative estimate of drug-likeness (QED) is 0.895. The molecule has 7 heteroatoms. The van der Waals surface area contributed by atoms with E-state index in [0.717, 1.165) is 30.6 Å². The highest BCUT2D eigenvalue weighted by Gasteiger charge is 2.18. The molecule has 1 aliphatic heterocycles. The van der Waals surface area contributed by atoms with Crippen LogP contribution in [-0.4, -0.2) is 20.1 Å². The molecule has 1 aromatic carbocycles. The number of fused-ring (bicyclic) bond motifs is 1. The Morgan fingerprint density at radius 3 is 3.00 bits per heavy atom. The van der Waals surface area contributed by atoms with Gasteiger partial charge < -0.3 is 9.84 Å². The van der Waals surface area contributed by atoms with Crippen molar-refractivity contribution in [3.05, 3.63) is 36.1 Å². The van der Waals surface area contributed by atoms with Gasteiger partial charge in [-0.3, -0.25) is 4.72 Å². The number of aromatic nitrogens is 1. The highest BCUT2D eigenvalue weighted by molar-refractivity contribution is 7.92.